The number of halogens is 1. The topological polar surface area (TPSA) is 88.8 Å². The maximum absolute atomic E-state index is 12.6. The molecule has 3 rings (SSSR count). The van der Waals surface area contributed by atoms with E-state index in [4.69, 9.17) is 20.8 Å². The highest BCUT2D eigenvalue weighted by atomic mass is 35.5. The normalized spacial score (nSPS) is 18.6. The molecule has 1 aromatic heterocycles. The zero-order valence-electron chi connectivity index (χ0n) is 14.9. The van der Waals surface area contributed by atoms with Gasteiger partial charge in [-0.05, 0) is 36.8 Å². The maximum Gasteiger partial charge on any atom is 0.238 e. The molecular weight excluding hydrogens is 392 g/mol. The summed E-state index contributed by atoms with van der Waals surface area (Å²) in [4.78, 5) is 14.4. The number of anilines is 1. The zero-order chi connectivity index (χ0) is 19.4. The Morgan fingerprint density at radius 3 is 2.85 bits per heavy atom. The summed E-state index contributed by atoms with van der Waals surface area (Å²) in [5.74, 6) is 1.06. The van der Waals surface area contributed by atoms with Crippen LogP contribution >= 0.6 is 11.6 Å². The Hall–Kier alpha value is -2.03. The molecule has 2 heterocycles. The Kier molecular flexibility index (Phi) is 6.08. The van der Waals surface area contributed by atoms with Crippen LogP contribution in [0.25, 0.3) is 0 Å². The SMILES string of the molecule is COc1ccc(Cl)cc1NC(=O)CN(Cc1ccco1)[C@H]1CCS(=O)(=O)C1. The third-order valence-corrected chi connectivity index (χ3v) is 6.43. The van der Waals surface area contributed by atoms with Crippen molar-refractivity contribution in [2.75, 3.05) is 30.5 Å². The second-order valence-electron chi connectivity index (χ2n) is 6.43. The number of sulfone groups is 1. The largest absolute Gasteiger partial charge is 0.495 e. The predicted molar refractivity (Wildman–Crippen MR) is 103 cm³/mol. The third-order valence-electron chi connectivity index (χ3n) is 4.45. The number of methoxy groups -OCH3 is 1. The Balaban J connectivity index is 1.73. The van der Waals surface area contributed by atoms with Crippen LogP contribution in [0.5, 0.6) is 5.75 Å². The van der Waals surface area contributed by atoms with E-state index in [2.05, 4.69) is 5.32 Å². The number of rotatable bonds is 7. The third kappa shape index (κ3) is 5.24. The monoisotopic (exact) mass is 412 g/mol. The Bertz CT molecular complexity index is 898. The van der Waals surface area contributed by atoms with Crippen molar-refractivity contribution in [2.24, 2.45) is 0 Å². The van der Waals surface area contributed by atoms with E-state index >= 15 is 0 Å². The first-order valence-corrected chi connectivity index (χ1v) is 10.7. The van der Waals surface area contributed by atoms with Gasteiger partial charge in [-0.15, -0.1) is 0 Å². The minimum Gasteiger partial charge on any atom is -0.495 e. The number of hydrogen-bond acceptors (Lipinski definition) is 6. The van der Waals surface area contributed by atoms with Gasteiger partial charge in [-0.3, -0.25) is 9.69 Å². The minimum atomic E-state index is -3.07. The highest BCUT2D eigenvalue weighted by molar-refractivity contribution is 7.91. The summed E-state index contributed by atoms with van der Waals surface area (Å²) in [5.41, 5.74) is 0.465. The average Bonchev–Trinajstić information content (AvgIpc) is 3.23. The number of benzene rings is 1. The zero-order valence-corrected chi connectivity index (χ0v) is 16.4. The smallest absolute Gasteiger partial charge is 0.238 e. The van der Waals surface area contributed by atoms with Crippen molar-refractivity contribution in [1.29, 1.82) is 0 Å². The molecule has 0 spiro atoms. The average molecular weight is 413 g/mol. The highest BCUT2D eigenvalue weighted by Crippen LogP contribution is 2.28. The van der Waals surface area contributed by atoms with Gasteiger partial charge in [0.05, 0.1) is 43.7 Å². The first-order chi connectivity index (χ1) is 12.9. The standard InChI is InChI=1S/C18H21ClN2O5S/c1-25-17-5-4-13(19)9-16(17)20-18(22)11-21(10-15-3-2-7-26-15)14-6-8-27(23,24)12-14/h2-5,7,9,14H,6,8,10-12H2,1H3,(H,20,22)/t14-/m0/s1. The lowest BCUT2D eigenvalue weighted by atomic mass is 10.2. The highest BCUT2D eigenvalue weighted by Gasteiger charge is 2.33. The lowest BCUT2D eigenvalue weighted by Crippen LogP contribution is -2.41. The summed E-state index contributed by atoms with van der Waals surface area (Å²) in [6, 6.07) is 8.27. The lowest BCUT2D eigenvalue weighted by molar-refractivity contribution is -0.118. The molecule has 0 aliphatic carbocycles. The van der Waals surface area contributed by atoms with Crippen LogP contribution in [-0.2, 0) is 21.2 Å². The molecule has 0 unspecified atom stereocenters. The van der Waals surface area contributed by atoms with Gasteiger partial charge < -0.3 is 14.5 Å². The van der Waals surface area contributed by atoms with Crippen LogP contribution in [0.4, 0.5) is 5.69 Å². The fourth-order valence-corrected chi connectivity index (χ4v) is 5.07. The van der Waals surface area contributed by atoms with Gasteiger partial charge in [0.1, 0.15) is 11.5 Å². The van der Waals surface area contributed by atoms with Crippen molar-refractivity contribution in [1.82, 2.24) is 4.90 Å². The first-order valence-electron chi connectivity index (χ1n) is 8.46. The number of nitrogens with zero attached hydrogens (tertiary/aromatic N) is 1. The molecule has 1 aromatic carbocycles. The van der Waals surface area contributed by atoms with Crippen LogP contribution in [0.1, 0.15) is 12.2 Å². The molecule has 1 N–H and O–H groups in total. The molecule has 1 saturated heterocycles. The summed E-state index contributed by atoms with van der Waals surface area (Å²) in [6.45, 7) is 0.379. The van der Waals surface area contributed by atoms with E-state index in [0.717, 1.165) is 0 Å². The Morgan fingerprint density at radius 1 is 1.41 bits per heavy atom. The van der Waals surface area contributed by atoms with Gasteiger partial charge in [0.15, 0.2) is 9.84 Å². The molecule has 1 aliphatic heterocycles. The molecule has 1 amide bonds. The summed E-state index contributed by atoms with van der Waals surface area (Å²) in [6.07, 6.45) is 2.05. The number of carbonyl (C=O) groups excluding carboxylic acids is 1. The van der Waals surface area contributed by atoms with Crippen LogP contribution in [0.15, 0.2) is 41.0 Å². The fraction of sp³-hybridized carbons (Fsp3) is 0.389. The molecule has 0 radical (unpaired) electrons. The first kappa shape index (κ1) is 19.7. The molecule has 2 aromatic rings. The van der Waals surface area contributed by atoms with E-state index in [1.165, 1.54) is 7.11 Å². The van der Waals surface area contributed by atoms with E-state index in [9.17, 15) is 13.2 Å². The van der Waals surface area contributed by atoms with Crippen molar-refractivity contribution in [3.8, 4) is 5.75 Å². The van der Waals surface area contributed by atoms with E-state index < -0.39 is 9.84 Å². The maximum atomic E-state index is 12.6. The summed E-state index contributed by atoms with van der Waals surface area (Å²) in [7, 11) is -1.57. The molecule has 9 heteroatoms. The quantitative estimate of drug-likeness (QED) is 0.751. The second kappa shape index (κ2) is 8.33. The van der Waals surface area contributed by atoms with E-state index in [1.807, 2.05) is 4.90 Å². The molecule has 1 atom stereocenters. The van der Waals surface area contributed by atoms with Gasteiger partial charge >= 0.3 is 0 Å². The van der Waals surface area contributed by atoms with Crippen LogP contribution < -0.4 is 10.1 Å². The predicted octanol–water partition coefficient (Wildman–Crippen LogP) is 2.57. The van der Waals surface area contributed by atoms with Gasteiger partial charge in [-0.1, -0.05) is 11.6 Å². The van der Waals surface area contributed by atoms with Crippen molar-refractivity contribution >= 4 is 33.0 Å². The number of amides is 1. The summed E-state index contributed by atoms with van der Waals surface area (Å²) >= 11 is 6.00. The molecular formula is C18H21ClN2O5S. The molecule has 146 valence electrons. The van der Waals surface area contributed by atoms with E-state index in [1.54, 1.807) is 36.6 Å². The summed E-state index contributed by atoms with van der Waals surface area (Å²) < 4.78 is 34.3. The van der Waals surface area contributed by atoms with Crippen LogP contribution in [-0.4, -0.2) is 50.4 Å². The number of ether oxygens (including phenoxy) is 1. The number of carbonyl (C=O) groups is 1. The van der Waals surface area contributed by atoms with Gasteiger partial charge in [0, 0.05) is 11.1 Å². The second-order valence-corrected chi connectivity index (χ2v) is 9.10. The van der Waals surface area contributed by atoms with Crippen molar-refractivity contribution in [3.05, 3.63) is 47.4 Å². The Labute approximate surface area is 163 Å². The van der Waals surface area contributed by atoms with Gasteiger partial charge in [0.2, 0.25) is 5.91 Å². The van der Waals surface area contributed by atoms with Gasteiger partial charge in [0.25, 0.3) is 0 Å². The van der Waals surface area contributed by atoms with Crippen LogP contribution in [0.3, 0.4) is 0 Å². The molecule has 1 fully saturated rings. The summed E-state index contributed by atoms with van der Waals surface area (Å²) in [5, 5.41) is 3.26. The molecule has 27 heavy (non-hydrogen) atoms. The molecule has 0 saturated carbocycles. The van der Waals surface area contributed by atoms with E-state index in [0.29, 0.717) is 35.2 Å². The van der Waals surface area contributed by atoms with E-state index in [-0.39, 0.29) is 30.0 Å². The molecule has 7 nitrogen and oxygen atoms in total. The Morgan fingerprint density at radius 2 is 2.22 bits per heavy atom. The number of nitrogens with one attached hydrogen (secondary N) is 1. The fourth-order valence-electron chi connectivity index (χ4n) is 3.13. The number of furan rings is 1. The van der Waals surface area contributed by atoms with Crippen LogP contribution in [0.2, 0.25) is 5.02 Å². The molecule has 0 bridgehead atoms. The van der Waals surface area contributed by atoms with Crippen LogP contribution in [0, 0.1) is 0 Å². The molecule has 1 aliphatic rings. The number of hydrogen-bond donors (Lipinski definition) is 1. The van der Waals surface area contributed by atoms with Crippen molar-refractivity contribution in [2.45, 2.75) is 19.0 Å². The van der Waals surface area contributed by atoms with Crippen molar-refractivity contribution < 1.29 is 22.4 Å². The van der Waals surface area contributed by atoms with Gasteiger partial charge in [-0.2, -0.15) is 0 Å². The van der Waals surface area contributed by atoms with Crippen molar-refractivity contribution in [3.63, 3.8) is 0 Å². The van der Waals surface area contributed by atoms with Gasteiger partial charge in [-0.25, -0.2) is 8.42 Å². The lowest BCUT2D eigenvalue weighted by Gasteiger charge is -2.26. The minimum absolute atomic E-state index is 0.0244.